The molecule has 0 atom stereocenters. The van der Waals surface area contributed by atoms with E-state index >= 15 is 0 Å². The van der Waals surface area contributed by atoms with E-state index < -0.39 is 0 Å². The van der Waals surface area contributed by atoms with Gasteiger partial charge in [0.25, 0.3) is 0 Å². The van der Waals surface area contributed by atoms with Gasteiger partial charge < -0.3 is 0 Å². The summed E-state index contributed by atoms with van der Waals surface area (Å²) in [7, 11) is 0. The molecule has 0 saturated heterocycles. The fourth-order valence-corrected chi connectivity index (χ4v) is 3.41. The van der Waals surface area contributed by atoms with Gasteiger partial charge in [-0.1, -0.05) is 42.5 Å². The zero-order chi connectivity index (χ0) is 15.4. The Kier molecular flexibility index (Phi) is 2.58. The molecule has 106 valence electrons. The minimum Gasteiger partial charge on any atom is -0.294 e. The van der Waals surface area contributed by atoms with Crippen LogP contribution in [0.15, 0.2) is 48.5 Å². The lowest BCUT2D eigenvalue weighted by atomic mass is 9.87. The van der Waals surface area contributed by atoms with E-state index in [1.54, 1.807) is 19.9 Å². The molecule has 0 N–H and O–H groups in total. The van der Waals surface area contributed by atoms with Gasteiger partial charge in [-0.05, 0) is 52.2 Å². The first kappa shape index (κ1) is 13.0. The molecule has 0 bridgehead atoms. The first-order valence-corrected chi connectivity index (χ1v) is 7.30. The fourth-order valence-electron chi connectivity index (χ4n) is 3.41. The van der Waals surface area contributed by atoms with Crippen LogP contribution in [0.1, 0.15) is 34.6 Å². The first-order valence-electron chi connectivity index (χ1n) is 7.30. The summed E-state index contributed by atoms with van der Waals surface area (Å²) >= 11 is 0. The van der Waals surface area contributed by atoms with Crippen molar-refractivity contribution in [3.05, 3.63) is 59.7 Å². The maximum absolute atomic E-state index is 12.1. The molecule has 2 nitrogen and oxygen atoms in total. The van der Waals surface area contributed by atoms with Gasteiger partial charge >= 0.3 is 0 Å². The van der Waals surface area contributed by atoms with E-state index in [-0.39, 0.29) is 11.6 Å². The Morgan fingerprint density at radius 2 is 1.18 bits per heavy atom. The van der Waals surface area contributed by atoms with Crippen LogP contribution in [0.4, 0.5) is 0 Å². The lowest BCUT2D eigenvalue weighted by Gasteiger charge is -2.15. The van der Waals surface area contributed by atoms with Crippen molar-refractivity contribution in [2.75, 3.05) is 0 Å². The van der Waals surface area contributed by atoms with Gasteiger partial charge in [-0.25, -0.2) is 0 Å². The summed E-state index contributed by atoms with van der Waals surface area (Å²) < 4.78 is 0. The first-order chi connectivity index (χ1) is 10.6. The van der Waals surface area contributed by atoms with Crippen molar-refractivity contribution >= 4 is 43.9 Å². The van der Waals surface area contributed by atoms with Crippen LogP contribution in [0.3, 0.4) is 0 Å². The number of rotatable bonds is 2. The van der Waals surface area contributed by atoms with Gasteiger partial charge in [-0.15, -0.1) is 0 Å². The molecule has 0 aliphatic carbocycles. The number of Topliss-reactive ketones (excluding diaryl/α,β-unsaturated/α-hetero) is 2. The summed E-state index contributed by atoms with van der Waals surface area (Å²) in [4.78, 5) is 24.1. The van der Waals surface area contributed by atoms with E-state index in [4.69, 9.17) is 0 Å². The van der Waals surface area contributed by atoms with Gasteiger partial charge in [0.2, 0.25) is 0 Å². The maximum Gasteiger partial charge on any atom is 0.160 e. The Balaban J connectivity index is 2.39. The minimum absolute atomic E-state index is 0.0135. The standard InChI is InChI=1S/C20H14O2/c1-11(21)17-10-18(12(2)22)16-9-7-14-5-3-4-13-6-8-15(17)20(16)19(13)14/h3-10H,1-2H3. The molecule has 4 aromatic rings. The number of ketones is 2. The summed E-state index contributed by atoms with van der Waals surface area (Å²) in [5.41, 5.74) is 1.24. The molecule has 0 aromatic heterocycles. The van der Waals surface area contributed by atoms with Crippen molar-refractivity contribution in [2.24, 2.45) is 0 Å². The monoisotopic (exact) mass is 286 g/mol. The van der Waals surface area contributed by atoms with Gasteiger partial charge in [0.1, 0.15) is 0 Å². The number of carbonyl (C=O) groups is 2. The summed E-state index contributed by atoms with van der Waals surface area (Å²) in [6, 6.07) is 16.0. The van der Waals surface area contributed by atoms with E-state index in [1.165, 1.54) is 0 Å². The third-order valence-corrected chi connectivity index (χ3v) is 4.40. The SMILES string of the molecule is CC(=O)c1cc(C(C)=O)c2ccc3cccc4ccc1c2c43. The molecule has 4 rings (SSSR count). The van der Waals surface area contributed by atoms with Crippen LogP contribution in [0, 0.1) is 0 Å². The van der Waals surface area contributed by atoms with Gasteiger partial charge in [0.15, 0.2) is 11.6 Å². The van der Waals surface area contributed by atoms with Crippen molar-refractivity contribution in [2.45, 2.75) is 13.8 Å². The largest absolute Gasteiger partial charge is 0.294 e. The van der Waals surface area contributed by atoms with E-state index in [1.807, 2.05) is 30.3 Å². The van der Waals surface area contributed by atoms with E-state index in [0.29, 0.717) is 11.1 Å². The molecule has 0 aliphatic rings. The second kappa shape index (κ2) is 4.38. The number of benzene rings is 4. The normalized spacial score (nSPS) is 11.5. The molecule has 0 amide bonds. The smallest absolute Gasteiger partial charge is 0.160 e. The zero-order valence-electron chi connectivity index (χ0n) is 12.4. The summed E-state index contributed by atoms with van der Waals surface area (Å²) in [6.07, 6.45) is 0. The van der Waals surface area contributed by atoms with Gasteiger partial charge in [0, 0.05) is 11.1 Å². The van der Waals surface area contributed by atoms with Crippen LogP contribution in [0.5, 0.6) is 0 Å². The van der Waals surface area contributed by atoms with Crippen LogP contribution in [0.25, 0.3) is 32.3 Å². The van der Waals surface area contributed by atoms with Crippen LogP contribution in [-0.2, 0) is 0 Å². The molecule has 4 aromatic carbocycles. The molecular formula is C20H14O2. The molecule has 0 saturated carbocycles. The van der Waals surface area contributed by atoms with Crippen LogP contribution in [0.2, 0.25) is 0 Å². The van der Waals surface area contributed by atoms with E-state index in [0.717, 1.165) is 32.3 Å². The van der Waals surface area contributed by atoms with E-state index in [2.05, 4.69) is 12.1 Å². The molecule has 22 heavy (non-hydrogen) atoms. The average Bonchev–Trinajstić information content (AvgIpc) is 2.51. The molecule has 0 spiro atoms. The Morgan fingerprint density at radius 1 is 0.682 bits per heavy atom. The van der Waals surface area contributed by atoms with Crippen LogP contribution >= 0.6 is 0 Å². The number of hydrogen-bond donors (Lipinski definition) is 0. The zero-order valence-corrected chi connectivity index (χ0v) is 12.4. The molecular weight excluding hydrogens is 272 g/mol. The lowest BCUT2D eigenvalue weighted by molar-refractivity contribution is 0.101. The van der Waals surface area contributed by atoms with Gasteiger partial charge in [-0.2, -0.15) is 0 Å². The highest BCUT2D eigenvalue weighted by Crippen LogP contribution is 2.37. The third kappa shape index (κ3) is 1.61. The summed E-state index contributed by atoms with van der Waals surface area (Å²) in [5.74, 6) is -0.0270. The predicted octanol–water partition coefficient (Wildman–Crippen LogP) is 4.99. The third-order valence-electron chi connectivity index (χ3n) is 4.40. The second-order valence-electron chi connectivity index (χ2n) is 5.76. The van der Waals surface area contributed by atoms with Crippen molar-refractivity contribution in [3.8, 4) is 0 Å². The average molecular weight is 286 g/mol. The summed E-state index contributed by atoms with van der Waals surface area (Å²) in [5, 5.41) is 6.27. The van der Waals surface area contributed by atoms with Crippen molar-refractivity contribution in [1.82, 2.24) is 0 Å². The fraction of sp³-hybridized carbons (Fsp3) is 0.100. The molecule has 0 aliphatic heterocycles. The van der Waals surface area contributed by atoms with Gasteiger partial charge in [0.05, 0.1) is 0 Å². The topological polar surface area (TPSA) is 34.1 Å². The molecule has 0 radical (unpaired) electrons. The predicted molar refractivity (Wildman–Crippen MR) is 90.2 cm³/mol. The highest BCUT2D eigenvalue weighted by molar-refractivity contribution is 6.29. The van der Waals surface area contributed by atoms with Crippen LogP contribution < -0.4 is 0 Å². The van der Waals surface area contributed by atoms with Crippen LogP contribution in [-0.4, -0.2) is 11.6 Å². The summed E-state index contributed by atoms with van der Waals surface area (Å²) in [6.45, 7) is 3.10. The highest BCUT2D eigenvalue weighted by Gasteiger charge is 2.17. The Labute approximate surface area is 127 Å². The second-order valence-corrected chi connectivity index (χ2v) is 5.76. The molecule has 0 fully saturated rings. The Bertz CT molecular complexity index is 995. The van der Waals surface area contributed by atoms with Gasteiger partial charge in [-0.3, -0.25) is 9.59 Å². The molecule has 0 heterocycles. The van der Waals surface area contributed by atoms with E-state index in [9.17, 15) is 9.59 Å². The minimum atomic E-state index is -0.0135. The number of hydrogen-bond acceptors (Lipinski definition) is 2. The van der Waals surface area contributed by atoms with Crippen molar-refractivity contribution in [3.63, 3.8) is 0 Å². The Morgan fingerprint density at radius 3 is 1.64 bits per heavy atom. The molecule has 2 heteroatoms. The Hall–Kier alpha value is -2.74. The maximum atomic E-state index is 12.1. The van der Waals surface area contributed by atoms with Crippen molar-refractivity contribution < 1.29 is 9.59 Å². The highest BCUT2D eigenvalue weighted by atomic mass is 16.1. The quantitative estimate of drug-likeness (QED) is 0.384. The molecule has 0 unspecified atom stereocenters. The van der Waals surface area contributed by atoms with Crippen molar-refractivity contribution in [1.29, 1.82) is 0 Å². The lowest BCUT2D eigenvalue weighted by Crippen LogP contribution is -2.02. The number of carbonyl (C=O) groups excluding carboxylic acids is 2.